The van der Waals surface area contributed by atoms with Crippen molar-refractivity contribution in [3.63, 3.8) is 0 Å². The van der Waals surface area contributed by atoms with Gasteiger partial charge in [0.15, 0.2) is 22.5 Å². The van der Waals surface area contributed by atoms with Crippen molar-refractivity contribution in [2.75, 3.05) is 5.73 Å². The number of aromatic nitrogens is 4. The number of rotatable bonds is 5. The summed E-state index contributed by atoms with van der Waals surface area (Å²) in [6.07, 6.45) is 8.55. The lowest BCUT2D eigenvalue weighted by molar-refractivity contribution is 0.638. The number of terminal acetylenes is 1. The molecule has 0 aromatic heterocycles. The number of hydrogen-bond acceptors (Lipinski definition) is 5. The first-order valence-electron chi connectivity index (χ1n) is 7.44. The summed E-state index contributed by atoms with van der Waals surface area (Å²) in [5.74, 6) is 3.73. The Morgan fingerprint density at radius 3 is 3.00 bits per heavy atom. The normalized spacial score (nSPS) is 10.9. The third-order valence-electron chi connectivity index (χ3n) is 3.54. The molecule has 2 aliphatic rings. The van der Waals surface area contributed by atoms with Gasteiger partial charge in [0.1, 0.15) is 0 Å². The molecule has 0 bridgehead atoms. The van der Waals surface area contributed by atoms with Crippen LogP contribution in [0.15, 0.2) is 34.6 Å². The first kappa shape index (κ1) is 16.6. The zero-order valence-electron chi connectivity index (χ0n) is 13.2. The highest BCUT2D eigenvalue weighted by Crippen LogP contribution is 2.34. The van der Waals surface area contributed by atoms with Gasteiger partial charge >= 0.3 is 0 Å². The summed E-state index contributed by atoms with van der Waals surface area (Å²) in [7, 11) is 0. The van der Waals surface area contributed by atoms with Crippen LogP contribution in [-0.2, 0) is 6.54 Å². The molecule has 24 heavy (non-hydrogen) atoms. The molecule has 0 radical (unpaired) electrons. The minimum atomic E-state index is 0.375. The van der Waals surface area contributed by atoms with Crippen molar-refractivity contribution < 1.29 is 0 Å². The Balaban J connectivity index is 1.94. The number of nitrogens with two attached hydrogens (primary N) is 1. The summed E-state index contributed by atoms with van der Waals surface area (Å²) in [5, 5.41) is 1.31. The smallest absolute Gasteiger partial charge is 0.195 e. The zero-order valence-corrected chi connectivity index (χ0v) is 14.7. The largest absolute Gasteiger partial charge is 0.382 e. The Hall–Kier alpha value is -2.23. The molecule has 0 atom stereocenters. The molecule has 122 valence electrons. The Morgan fingerprint density at radius 1 is 1.38 bits per heavy atom. The van der Waals surface area contributed by atoms with Crippen molar-refractivity contribution in [3.05, 3.63) is 35.1 Å². The Bertz CT molecular complexity index is 883. The summed E-state index contributed by atoms with van der Waals surface area (Å²) in [5.41, 5.74) is 7.68. The summed E-state index contributed by atoms with van der Waals surface area (Å²) in [4.78, 5) is 14.4. The molecule has 0 unspecified atom stereocenters. The van der Waals surface area contributed by atoms with Crippen molar-refractivity contribution in [1.29, 1.82) is 0 Å². The number of hydrogen-bond donors (Lipinski definition) is 1. The van der Waals surface area contributed by atoms with Crippen LogP contribution in [0.2, 0.25) is 5.02 Å². The van der Waals surface area contributed by atoms with Crippen molar-refractivity contribution in [3.8, 4) is 23.9 Å². The summed E-state index contributed by atoms with van der Waals surface area (Å²) in [6.45, 7) is 2.75. The predicted molar refractivity (Wildman–Crippen MR) is 97.2 cm³/mol. The second-order valence-electron chi connectivity index (χ2n) is 5.32. The van der Waals surface area contributed by atoms with Crippen LogP contribution in [0.3, 0.4) is 0 Å². The average molecular weight is 358 g/mol. The van der Waals surface area contributed by atoms with Crippen LogP contribution in [0.5, 0.6) is 0 Å². The standard InChI is InChI=1S/C17H16ClN5S/c1-3-4-5-8-23-10-20-15(19)14-16(23)22-17(21-14)24-13-9-12(18)7-6-11(13)2/h1,6-7,9-10H,4-5,8,19H2,2H3. The van der Waals surface area contributed by atoms with E-state index in [9.17, 15) is 0 Å². The predicted octanol–water partition coefficient (Wildman–Crippen LogP) is 3.89. The average Bonchev–Trinajstić information content (AvgIpc) is 2.98. The van der Waals surface area contributed by atoms with E-state index in [0.29, 0.717) is 28.1 Å². The second-order valence-corrected chi connectivity index (χ2v) is 6.77. The number of benzene rings is 1. The lowest BCUT2D eigenvalue weighted by atomic mass is 10.2. The van der Waals surface area contributed by atoms with Crippen LogP contribution in [0, 0.1) is 19.3 Å². The van der Waals surface area contributed by atoms with Gasteiger partial charge < -0.3 is 10.3 Å². The first-order valence-corrected chi connectivity index (χ1v) is 8.63. The molecule has 5 nitrogen and oxygen atoms in total. The van der Waals surface area contributed by atoms with Crippen molar-refractivity contribution in [1.82, 2.24) is 19.5 Å². The maximum atomic E-state index is 6.08. The van der Waals surface area contributed by atoms with Gasteiger partial charge in [-0.15, -0.1) is 12.3 Å². The van der Waals surface area contributed by atoms with E-state index in [4.69, 9.17) is 23.8 Å². The highest BCUT2D eigenvalue weighted by Gasteiger charge is 2.19. The van der Waals surface area contributed by atoms with Gasteiger partial charge in [0.2, 0.25) is 0 Å². The van der Waals surface area contributed by atoms with Crippen molar-refractivity contribution >= 4 is 29.2 Å². The van der Waals surface area contributed by atoms with E-state index >= 15 is 0 Å². The molecule has 1 aromatic rings. The topological polar surface area (TPSA) is 69.6 Å². The number of halogens is 1. The number of nitrogen functional groups attached to an aromatic ring is 1. The minimum Gasteiger partial charge on any atom is -0.382 e. The number of unbranched alkanes of at least 4 members (excludes halogenated alkanes) is 1. The molecule has 2 heterocycles. The minimum absolute atomic E-state index is 0.375. The van der Waals surface area contributed by atoms with Gasteiger partial charge in [-0.2, -0.15) is 0 Å². The van der Waals surface area contributed by atoms with Gasteiger partial charge in [-0.1, -0.05) is 17.7 Å². The SMILES string of the molecule is C#CCCCn1cnc(N)c2nc(Sc3cc(Cl)ccc3C)nc1-2. The van der Waals surface area contributed by atoms with Crippen LogP contribution in [0.1, 0.15) is 18.4 Å². The fraction of sp³-hybridized carbons (Fsp3) is 0.235. The third kappa shape index (κ3) is 3.48. The Morgan fingerprint density at radius 2 is 2.21 bits per heavy atom. The van der Waals surface area contributed by atoms with Gasteiger partial charge in [0, 0.05) is 22.9 Å². The molecule has 0 saturated heterocycles. The van der Waals surface area contributed by atoms with Crippen molar-refractivity contribution in [2.45, 2.75) is 36.4 Å². The van der Waals surface area contributed by atoms with E-state index in [1.807, 2.05) is 29.7 Å². The molecule has 0 saturated carbocycles. The second kappa shape index (κ2) is 7.12. The summed E-state index contributed by atoms with van der Waals surface area (Å²) >= 11 is 7.54. The molecule has 1 aromatic carbocycles. The van der Waals surface area contributed by atoms with Gasteiger partial charge in [-0.05, 0) is 42.8 Å². The van der Waals surface area contributed by atoms with Crippen LogP contribution in [-0.4, -0.2) is 19.5 Å². The van der Waals surface area contributed by atoms with E-state index in [0.717, 1.165) is 29.2 Å². The number of aryl methyl sites for hydroxylation is 2. The molecule has 0 amide bonds. The molecule has 2 N–H and O–H groups in total. The van der Waals surface area contributed by atoms with Crippen LogP contribution < -0.4 is 5.73 Å². The van der Waals surface area contributed by atoms with Crippen molar-refractivity contribution in [2.24, 2.45) is 0 Å². The Labute approximate surface area is 150 Å². The van der Waals surface area contributed by atoms with Gasteiger partial charge in [-0.3, -0.25) is 0 Å². The molecule has 2 aliphatic heterocycles. The van der Waals surface area contributed by atoms with E-state index in [1.54, 1.807) is 6.33 Å². The molecule has 0 fully saturated rings. The maximum absolute atomic E-state index is 6.08. The van der Waals surface area contributed by atoms with E-state index in [2.05, 4.69) is 20.9 Å². The number of fused-ring (bicyclic) bond motifs is 1. The van der Waals surface area contributed by atoms with Gasteiger partial charge in [0.25, 0.3) is 0 Å². The highest BCUT2D eigenvalue weighted by molar-refractivity contribution is 7.99. The molecular weight excluding hydrogens is 342 g/mol. The fourth-order valence-electron chi connectivity index (χ4n) is 2.28. The molecule has 0 aliphatic carbocycles. The van der Waals surface area contributed by atoms with Crippen LogP contribution in [0.25, 0.3) is 11.5 Å². The third-order valence-corrected chi connectivity index (χ3v) is 4.80. The zero-order chi connectivity index (χ0) is 17.1. The van der Waals surface area contributed by atoms with E-state index < -0.39 is 0 Å². The number of imidazole rings is 1. The molecular formula is C17H16ClN5S. The number of anilines is 1. The quantitative estimate of drug-likeness (QED) is 0.554. The lowest BCUT2D eigenvalue weighted by Gasteiger charge is -2.09. The molecule has 0 spiro atoms. The van der Waals surface area contributed by atoms with Gasteiger partial charge in [0.05, 0.1) is 6.33 Å². The monoisotopic (exact) mass is 357 g/mol. The maximum Gasteiger partial charge on any atom is 0.195 e. The number of nitrogens with zero attached hydrogens (tertiary/aromatic N) is 4. The Kier molecular flexibility index (Phi) is 4.93. The molecule has 3 rings (SSSR count). The lowest BCUT2D eigenvalue weighted by Crippen LogP contribution is -2.08. The van der Waals surface area contributed by atoms with Gasteiger partial charge in [-0.25, -0.2) is 15.0 Å². The first-order chi connectivity index (χ1) is 11.6. The molecule has 7 heteroatoms. The van der Waals surface area contributed by atoms with Crippen LogP contribution in [0.4, 0.5) is 5.82 Å². The summed E-state index contributed by atoms with van der Waals surface area (Å²) in [6, 6.07) is 5.75. The highest BCUT2D eigenvalue weighted by atomic mass is 35.5. The summed E-state index contributed by atoms with van der Waals surface area (Å²) < 4.78 is 1.94. The van der Waals surface area contributed by atoms with E-state index in [1.165, 1.54) is 11.8 Å². The van der Waals surface area contributed by atoms with E-state index in [-0.39, 0.29) is 0 Å². The fourth-order valence-corrected chi connectivity index (χ4v) is 3.39. The van der Waals surface area contributed by atoms with Crippen LogP contribution >= 0.6 is 23.4 Å².